The third-order valence-electron chi connectivity index (χ3n) is 1.67. The van der Waals surface area contributed by atoms with Crippen molar-refractivity contribution in [3.05, 3.63) is 0 Å². The zero-order valence-corrected chi connectivity index (χ0v) is 8.60. The van der Waals surface area contributed by atoms with Gasteiger partial charge in [0, 0.05) is 6.61 Å². The van der Waals surface area contributed by atoms with E-state index in [1.165, 1.54) is 6.42 Å². The van der Waals surface area contributed by atoms with Crippen LogP contribution in [-0.4, -0.2) is 24.8 Å². The Balaban J connectivity index is 2.05. The van der Waals surface area contributed by atoms with Crippen LogP contribution in [0.4, 0.5) is 0 Å². The lowest BCUT2D eigenvalue weighted by molar-refractivity contribution is -0.154. The second-order valence-corrected chi connectivity index (χ2v) is 3.16. The van der Waals surface area contributed by atoms with Gasteiger partial charge in [0.25, 0.3) is 0 Å². The van der Waals surface area contributed by atoms with E-state index in [-0.39, 0.29) is 6.29 Å². The largest absolute Gasteiger partial charge is 0.353 e. The SMILES string of the molecule is BrCC#CCOC1CCCCO1. The van der Waals surface area contributed by atoms with E-state index >= 15 is 0 Å². The summed E-state index contributed by atoms with van der Waals surface area (Å²) in [5, 5.41) is 0.710. The van der Waals surface area contributed by atoms with Crippen LogP contribution < -0.4 is 0 Å². The predicted octanol–water partition coefficient (Wildman–Crippen LogP) is 1.93. The standard InChI is InChI=1S/C9H13BrO2/c10-6-2-4-8-12-9-5-1-3-7-11-9/h9H,1,3,5-8H2. The summed E-state index contributed by atoms with van der Waals surface area (Å²) in [7, 11) is 0. The second-order valence-electron chi connectivity index (χ2n) is 2.59. The van der Waals surface area contributed by atoms with Gasteiger partial charge < -0.3 is 9.47 Å². The normalized spacial score (nSPS) is 22.9. The fraction of sp³-hybridized carbons (Fsp3) is 0.778. The van der Waals surface area contributed by atoms with Crippen molar-refractivity contribution in [3.63, 3.8) is 0 Å². The Labute approximate surface area is 81.7 Å². The van der Waals surface area contributed by atoms with Crippen molar-refractivity contribution in [1.29, 1.82) is 0 Å². The maximum Gasteiger partial charge on any atom is 0.158 e. The number of ether oxygens (including phenoxy) is 2. The Kier molecular flexibility index (Phi) is 5.42. The maximum absolute atomic E-state index is 5.37. The molecular formula is C9H13BrO2. The van der Waals surface area contributed by atoms with Crippen LogP contribution in [0.25, 0.3) is 0 Å². The lowest BCUT2D eigenvalue weighted by Crippen LogP contribution is -2.22. The summed E-state index contributed by atoms with van der Waals surface area (Å²) in [5.41, 5.74) is 0. The second kappa shape index (κ2) is 6.47. The van der Waals surface area contributed by atoms with Gasteiger partial charge in [0.2, 0.25) is 0 Å². The van der Waals surface area contributed by atoms with E-state index in [0.717, 1.165) is 19.4 Å². The van der Waals surface area contributed by atoms with Crippen LogP contribution in [0.1, 0.15) is 19.3 Å². The maximum atomic E-state index is 5.37. The molecule has 0 amide bonds. The predicted molar refractivity (Wildman–Crippen MR) is 51.1 cm³/mol. The monoisotopic (exact) mass is 232 g/mol. The molecule has 0 aromatic rings. The molecule has 1 saturated heterocycles. The molecule has 0 spiro atoms. The van der Waals surface area contributed by atoms with E-state index in [9.17, 15) is 0 Å². The Bertz CT molecular complexity index is 165. The van der Waals surface area contributed by atoms with Crippen molar-refractivity contribution < 1.29 is 9.47 Å². The minimum Gasteiger partial charge on any atom is -0.353 e. The van der Waals surface area contributed by atoms with Gasteiger partial charge in [-0.05, 0) is 19.3 Å². The van der Waals surface area contributed by atoms with Crippen LogP contribution in [-0.2, 0) is 9.47 Å². The van der Waals surface area contributed by atoms with Crippen molar-refractivity contribution in [2.24, 2.45) is 0 Å². The van der Waals surface area contributed by atoms with Gasteiger partial charge >= 0.3 is 0 Å². The molecule has 1 fully saturated rings. The minimum absolute atomic E-state index is 0.0108. The van der Waals surface area contributed by atoms with Crippen LogP contribution in [0.5, 0.6) is 0 Å². The average Bonchev–Trinajstić information content (AvgIpc) is 2.14. The van der Waals surface area contributed by atoms with Gasteiger partial charge in [-0.25, -0.2) is 0 Å². The molecule has 1 atom stereocenters. The van der Waals surface area contributed by atoms with Crippen LogP contribution in [0, 0.1) is 11.8 Å². The zero-order chi connectivity index (χ0) is 8.65. The molecule has 0 N–H and O–H groups in total. The Morgan fingerprint density at radius 2 is 2.33 bits per heavy atom. The van der Waals surface area contributed by atoms with E-state index in [0.29, 0.717) is 11.9 Å². The van der Waals surface area contributed by atoms with E-state index < -0.39 is 0 Å². The van der Waals surface area contributed by atoms with Crippen molar-refractivity contribution in [1.82, 2.24) is 0 Å². The molecule has 12 heavy (non-hydrogen) atoms. The molecule has 1 aliphatic heterocycles. The van der Waals surface area contributed by atoms with Crippen LogP contribution in [0.3, 0.4) is 0 Å². The summed E-state index contributed by atoms with van der Waals surface area (Å²) in [6.45, 7) is 1.31. The fourth-order valence-electron chi connectivity index (χ4n) is 1.08. The zero-order valence-electron chi connectivity index (χ0n) is 7.01. The molecule has 1 aliphatic rings. The molecule has 0 aromatic heterocycles. The number of halogens is 1. The third kappa shape index (κ3) is 4.10. The number of hydrogen-bond acceptors (Lipinski definition) is 2. The van der Waals surface area contributed by atoms with Gasteiger partial charge in [-0.15, -0.1) is 0 Å². The van der Waals surface area contributed by atoms with Crippen molar-refractivity contribution in [2.45, 2.75) is 25.6 Å². The smallest absolute Gasteiger partial charge is 0.158 e. The molecule has 1 heterocycles. The highest BCUT2D eigenvalue weighted by Gasteiger charge is 2.12. The molecule has 2 nitrogen and oxygen atoms in total. The molecule has 68 valence electrons. The molecule has 1 unspecified atom stereocenters. The first-order chi connectivity index (χ1) is 5.93. The Hall–Kier alpha value is -0.0400. The van der Waals surface area contributed by atoms with Crippen molar-refractivity contribution in [2.75, 3.05) is 18.5 Å². The van der Waals surface area contributed by atoms with Gasteiger partial charge in [-0.1, -0.05) is 27.8 Å². The first-order valence-corrected chi connectivity index (χ1v) is 5.30. The first-order valence-electron chi connectivity index (χ1n) is 4.18. The topological polar surface area (TPSA) is 18.5 Å². The fourth-order valence-corrected chi connectivity index (χ4v) is 1.27. The molecule has 0 bridgehead atoms. The summed E-state index contributed by atoms with van der Waals surface area (Å²) < 4.78 is 10.7. The van der Waals surface area contributed by atoms with Gasteiger partial charge in [-0.3, -0.25) is 0 Å². The van der Waals surface area contributed by atoms with Gasteiger partial charge in [-0.2, -0.15) is 0 Å². The van der Waals surface area contributed by atoms with E-state index in [4.69, 9.17) is 9.47 Å². The van der Waals surface area contributed by atoms with Crippen molar-refractivity contribution >= 4 is 15.9 Å². The number of rotatable bonds is 2. The summed E-state index contributed by atoms with van der Waals surface area (Å²) in [6.07, 6.45) is 3.36. The molecule has 0 aliphatic carbocycles. The molecular weight excluding hydrogens is 220 g/mol. The van der Waals surface area contributed by atoms with Gasteiger partial charge in [0.05, 0.1) is 5.33 Å². The summed E-state index contributed by atoms with van der Waals surface area (Å²) in [4.78, 5) is 0. The van der Waals surface area contributed by atoms with Gasteiger partial charge in [0.1, 0.15) is 6.61 Å². The third-order valence-corrected chi connectivity index (χ3v) is 1.95. The van der Waals surface area contributed by atoms with Crippen LogP contribution in [0.15, 0.2) is 0 Å². The lowest BCUT2D eigenvalue weighted by atomic mass is 10.2. The highest BCUT2D eigenvalue weighted by molar-refractivity contribution is 9.09. The van der Waals surface area contributed by atoms with E-state index in [1.54, 1.807) is 0 Å². The van der Waals surface area contributed by atoms with Crippen molar-refractivity contribution in [3.8, 4) is 11.8 Å². The summed E-state index contributed by atoms with van der Waals surface area (Å²) in [5.74, 6) is 5.76. The summed E-state index contributed by atoms with van der Waals surface area (Å²) >= 11 is 3.22. The Morgan fingerprint density at radius 3 is 3.00 bits per heavy atom. The summed E-state index contributed by atoms with van der Waals surface area (Å²) in [6, 6.07) is 0. The van der Waals surface area contributed by atoms with Gasteiger partial charge in [0.15, 0.2) is 6.29 Å². The molecule has 0 saturated carbocycles. The first kappa shape index (κ1) is 10.0. The lowest BCUT2D eigenvalue weighted by Gasteiger charge is -2.21. The highest BCUT2D eigenvalue weighted by atomic mass is 79.9. The number of hydrogen-bond donors (Lipinski definition) is 0. The average molecular weight is 233 g/mol. The van der Waals surface area contributed by atoms with E-state index in [1.807, 2.05) is 0 Å². The highest BCUT2D eigenvalue weighted by Crippen LogP contribution is 2.12. The quantitative estimate of drug-likeness (QED) is 0.536. The van der Waals surface area contributed by atoms with Crippen LogP contribution in [0.2, 0.25) is 0 Å². The minimum atomic E-state index is -0.0108. The Morgan fingerprint density at radius 1 is 1.42 bits per heavy atom. The van der Waals surface area contributed by atoms with Crippen LogP contribution >= 0.6 is 15.9 Å². The number of alkyl halides is 1. The molecule has 0 radical (unpaired) electrons. The molecule has 3 heteroatoms. The molecule has 0 aromatic carbocycles. The van der Waals surface area contributed by atoms with E-state index in [2.05, 4.69) is 27.8 Å². The molecule has 1 rings (SSSR count).